The molecule has 0 bridgehead atoms. The number of nitrogens with zero attached hydrogens (tertiary/aromatic N) is 1. The average molecular weight is 443 g/mol. The van der Waals surface area contributed by atoms with E-state index in [1.807, 2.05) is 0 Å². The van der Waals surface area contributed by atoms with Crippen LogP contribution in [-0.4, -0.2) is 6.04 Å². The third kappa shape index (κ3) is 6.58. The third-order valence-electron chi connectivity index (χ3n) is 7.15. The van der Waals surface area contributed by atoms with Crippen LogP contribution in [0.25, 0.3) is 0 Å². The Kier molecular flexibility index (Phi) is 10.7. The fraction of sp³-hybridized carbons (Fsp3) is 0.438. The van der Waals surface area contributed by atoms with Crippen LogP contribution in [0.1, 0.15) is 84.5 Å². The van der Waals surface area contributed by atoms with Gasteiger partial charge in [-0.05, 0) is 49.2 Å². The van der Waals surface area contributed by atoms with Crippen molar-refractivity contribution in [3.8, 4) is 0 Å². The Morgan fingerprint density at radius 3 is 1.21 bits per heavy atom. The highest BCUT2D eigenvalue weighted by atomic mass is 15.4. The lowest BCUT2D eigenvalue weighted by atomic mass is 9.96. The van der Waals surface area contributed by atoms with E-state index >= 15 is 0 Å². The van der Waals surface area contributed by atoms with Crippen LogP contribution < -0.4 is 4.48 Å². The Hall–Kier alpha value is -2.38. The van der Waals surface area contributed by atoms with Crippen molar-refractivity contribution in [3.05, 3.63) is 91.0 Å². The van der Waals surface area contributed by atoms with Gasteiger partial charge in [-0.1, -0.05) is 120 Å². The zero-order valence-corrected chi connectivity index (χ0v) is 21.0. The van der Waals surface area contributed by atoms with Gasteiger partial charge in [0.2, 0.25) is 0 Å². The molecule has 1 unspecified atom stereocenters. The Bertz CT molecular complexity index is 775. The molecule has 0 radical (unpaired) electrons. The van der Waals surface area contributed by atoms with Crippen LogP contribution in [0, 0.1) is 0 Å². The van der Waals surface area contributed by atoms with E-state index in [2.05, 4.69) is 105 Å². The predicted octanol–water partition coefficient (Wildman–Crippen LogP) is 10.4. The van der Waals surface area contributed by atoms with Crippen LogP contribution in [0.4, 0.5) is 17.1 Å². The monoisotopic (exact) mass is 442 g/mol. The Morgan fingerprint density at radius 1 is 0.485 bits per heavy atom. The summed E-state index contributed by atoms with van der Waals surface area (Å²) in [5.74, 6) is 0. The molecule has 176 valence electrons. The van der Waals surface area contributed by atoms with Crippen LogP contribution in [0.3, 0.4) is 0 Å². The number of hydrogen-bond acceptors (Lipinski definition) is 0. The van der Waals surface area contributed by atoms with Crippen LogP contribution in [-0.2, 0) is 0 Å². The molecule has 3 rings (SSSR count). The van der Waals surface area contributed by atoms with Crippen molar-refractivity contribution in [2.75, 3.05) is 0 Å². The molecule has 0 N–H and O–H groups in total. The number of benzene rings is 3. The largest absolute Gasteiger partial charge is 0.224 e. The molecule has 0 heterocycles. The molecule has 0 spiro atoms. The number of hydrogen-bond donors (Lipinski definition) is 0. The van der Waals surface area contributed by atoms with E-state index in [0.717, 1.165) is 10.9 Å². The minimum Gasteiger partial charge on any atom is -0.224 e. The van der Waals surface area contributed by atoms with E-state index in [-0.39, 0.29) is 0 Å². The van der Waals surface area contributed by atoms with E-state index in [1.54, 1.807) is 0 Å². The lowest BCUT2D eigenvalue weighted by Gasteiger charge is -2.43. The molecular formula is C32H44N+. The zero-order chi connectivity index (χ0) is 23.2. The minimum absolute atomic E-state index is 0.502. The first kappa shape index (κ1) is 25.2. The lowest BCUT2D eigenvalue weighted by Crippen LogP contribution is -2.48. The molecule has 0 saturated carbocycles. The van der Waals surface area contributed by atoms with Crippen molar-refractivity contribution < 1.29 is 0 Å². The molecule has 33 heavy (non-hydrogen) atoms. The molecular weight excluding hydrogens is 398 g/mol. The van der Waals surface area contributed by atoms with E-state index < -0.39 is 0 Å². The maximum Gasteiger partial charge on any atom is 0.143 e. The number of rotatable bonds is 15. The first-order valence-corrected chi connectivity index (χ1v) is 13.4. The first-order chi connectivity index (χ1) is 16.3. The minimum atomic E-state index is 0.502. The van der Waals surface area contributed by atoms with Gasteiger partial charge in [0, 0.05) is 6.42 Å². The molecule has 1 nitrogen and oxygen atoms in total. The van der Waals surface area contributed by atoms with E-state index in [1.165, 1.54) is 81.3 Å². The number of quaternary nitrogens is 1. The summed E-state index contributed by atoms with van der Waals surface area (Å²) >= 11 is 0. The summed E-state index contributed by atoms with van der Waals surface area (Å²) in [6.07, 6.45) is 14.8. The van der Waals surface area contributed by atoms with Gasteiger partial charge in [0.05, 0.1) is 0 Å². The van der Waals surface area contributed by atoms with Crippen molar-refractivity contribution in [1.82, 2.24) is 4.48 Å². The van der Waals surface area contributed by atoms with Gasteiger partial charge in [-0.15, -0.1) is 0 Å². The molecule has 1 atom stereocenters. The quantitative estimate of drug-likeness (QED) is 0.162. The van der Waals surface area contributed by atoms with Gasteiger partial charge in [-0.3, -0.25) is 0 Å². The van der Waals surface area contributed by atoms with Gasteiger partial charge in [0.25, 0.3) is 0 Å². The molecule has 3 aromatic rings. The maximum absolute atomic E-state index is 2.38. The highest BCUT2D eigenvalue weighted by Gasteiger charge is 2.42. The molecule has 0 amide bonds. The van der Waals surface area contributed by atoms with Crippen LogP contribution in [0.2, 0.25) is 0 Å². The smallest absolute Gasteiger partial charge is 0.143 e. The summed E-state index contributed by atoms with van der Waals surface area (Å²) in [6.45, 7) is 4.67. The standard InChI is InChI=1S/C32H44N/c1-3-5-6-7-8-9-10-11-15-22-29(4-2)33(30-23-16-12-17-24-30,31-25-18-13-19-26-31)32-27-20-14-21-28-32/h12-14,16-21,23-29H,3-11,15,22H2,1-2H3/q+1. The molecule has 0 aliphatic heterocycles. The van der Waals surface area contributed by atoms with Crippen molar-refractivity contribution >= 4 is 17.1 Å². The van der Waals surface area contributed by atoms with E-state index in [0.29, 0.717) is 6.04 Å². The summed E-state index contributed by atoms with van der Waals surface area (Å²) < 4.78 is 0.802. The Labute approximate surface area is 203 Å². The molecule has 0 fully saturated rings. The summed E-state index contributed by atoms with van der Waals surface area (Å²) in [4.78, 5) is 0. The second-order valence-electron chi connectivity index (χ2n) is 9.41. The second-order valence-corrected chi connectivity index (χ2v) is 9.41. The summed E-state index contributed by atoms with van der Waals surface area (Å²) in [6, 6.07) is 34.0. The summed E-state index contributed by atoms with van der Waals surface area (Å²) in [5.41, 5.74) is 4.08. The normalized spacial score (nSPS) is 12.5. The van der Waals surface area contributed by atoms with Crippen molar-refractivity contribution in [3.63, 3.8) is 0 Å². The van der Waals surface area contributed by atoms with Crippen LogP contribution >= 0.6 is 0 Å². The number of unbranched alkanes of at least 4 members (excludes halogenated alkanes) is 8. The molecule has 0 aliphatic carbocycles. The van der Waals surface area contributed by atoms with Gasteiger partial charge in [-0.25, -0.2) is 4.48 Å². The molecule has 0 aromatic heterocycles. The van der Waals surface area contributed by atoms with Crippen molar-refractivity contribution in [2.45, 2.75) is 90.5 Å². The SMILES string of the molecule is CCCCCCCCCCCC(CC)[N+](c1ccccc1)(c1ccccc1)c1ccccc1. The van der Waals surface area contributed by atoms with Crippen LogP contribution in [0.5, 0.6) is 0 Å². The van der Waals surface area contributed by atoms with Gasteiger partial charge >= 0.3 is 0 Å². The summed E-state index contributed by atoms with van der Waals surface area (Å²) in [5, 5.41) is 0. The highest BCUT2D eigenvalue weighted by Crippen LogP contribution is 2.47. The van der Waals surface area contributed by atoms with Gasteiger partial charge in [0.15, 0.2) is 0 Å². The Morgan fingerprint density at radius 2 is 0.848 bits per heavy atom. The summed E-state index contributed by atoms with van der Waals surface area (Å²) in [7, 11) is 0. The van der Waals surface area contributed by atoms with Gasteiger partial charge in [0.1, 0.15) is 23.1 Å². The molecule has 0 aliphatic rings. The van der Waals surface area contributed by atoms with Gasteiger partial charge in [-0.2, -0.15) is 0 Å². The predicted molar refractivity (Wildman–Crippen MR) is 146 cm³/mol. The fourth-order valence-corrected chi connectivity index (χ4v) is 5.43. The lowest BCUT2D eigenvalue weighted by molar-refractivity contribution is 0.337. The maximum atomic E-state index is 2.38. The molecule has 1 heteroatoms. The Balaban J connectivity index is 1.83. The average Bonchev–Trinajstić information content (AvgIpc) is 2.89. The topological polar surface area (TPSA) is 0 Å². The molecule has 0 saturated heterocycles. The second kappa shape index (κ2) is 14.0. The van der Waals surface area contributed by atoms with Gasteiger partial charge < -0.3 is 0 Å². The van der Waals surface area contributed by atoms with Crippen molar-refractivity contribution in [1.29, 1.82) is 0 Å². The number of para-hydroxylation sites is 3. The van der Waals surface area contributed by atoms with E-state index in [4.69, 9.17) is 0 Å². The third-order valence-corrected chi connectivity index (χ3v) is 7.15. The fourth-order valence-electron chi connectivity index (χ4n) is 5.43. The van der Waals surface area contributed by atoms with Crippen LogP contribution in [0.15, 0.2) is 91.0 Å². The van der Waals surface area contributed by atoms with Crippen molar-refractivity contribution in [2.24, 2.45) is 0 Å². The zero-order valence-electron chi connectivity index (χ0n) is 21.0. The molecule has 3 aromatic carbocycles. The highest BCUT2D eigenvalue weighted by molar-refractivity contribution is 5.71. The van der Waals surface area contributed by atoms with E-state index in [9.17, 15) is 0 Å². The first-order valence-electron chi connectivity index (χ1n) is 13.4.